The predicted molar refractivity (Wildman–Crippen MR) is 96.1 cm³/mol. The van der Waals surface area contributed by atoms with E-state index in [1.165, 1.54) is 0 Å². The Labute approximate surface area is 156 Å². The summed E-state index contributed by atoms with van der Waals surface area (Å²) in [4.78, 5) is 6.51. The number of halogens is 4. The molecular formula is C18H26F4N4O. The zero-order valence-corrected chi connectivity index (χ0v) is 15.6. The van der Waals surface area contributed by atoms with Gasteiger partial charge < -0.3 is 15.4 Å². The van der Waals surface area contributed by atoms with Gasteiger partial charge in [0.2, 0.25) is 0 Å². The highest BCUT2D eigenvalue weighted by atomic mass is 19.4. The van der Waals surface area contributed by atoms with E-state index in [9.17, 15) is 17.6 Å². The molecule has 2 N–H and O–H groups in total. The standard InChI is InChI=1S/C18H26F4N4O/c1-3-23-17(24-11-13(2)26-6-8-27-9-7-26)25-12-14-4-5-15(19)10-16(14)18(20,21)22/h4-5,10,13H,3,6-9,11-12H2,1-2H3,(H2,23,24,25). The highest BCUT2D eigenvalue weighted by Crippen LogP contribution is 2.32. The van der Waals surface area contributed by atoms with Crippen molar-refractivity contribution in [3.05, 3.63) is 35.1 Å². The van der Waals surface area contributed by atoms with Crippen LogP contribution in [0.25, 0.3) is 0 Å². The van der Waals surface area contributed by atoms with Gasteiger partial charge >= 0.3 is 6.18 Å². The number of alkyl halides is 3. The van der Waals surface area contributed by atoms with E-state index in [-0.39, 0.29) is 18.2 Å². The summed E-state index contributed by atoms with van der Waals surface area (Å²) in [7, 11) is 0. The van der Waals surface area contributed by atoms with Gasteiger partial charge in [0.25, 0.3) is 0 Å². The minimum absolute atomic E-state index is 0.0673. The van der Waals surface area contributed by atoms with Gasteiger partial charge in [0, 0.05) is 32.2 Å². The summed E-state index contributed by atoms with van der Waals surface area (Å²) in [5.74, 6) is -0.491. The number of ether oxygens (including phenoxy) is 1. The number of hydrogen-bond acceptors (Lipinski definition) is 3. The number of guanidine groups is 1. The Morgan fingerprint density at radius 2 is 1.96 bits per heavy atom. The molecule has 1 saturated heterocycles. The van der Waals surface area contributed by atoms with Crippen LogP contribution in [0.5, 0.6) is 0 Å². The molecule has 0 bridgehead atoms. The fraction of sp³-hybridized carbons (Fsp3) is 0.611. The van der Waals surface area contributed by atoms with Crippen LogP contribution in [0.2, 0.25) is 0 Å². The minimum Gasteiger partial charge on any atom is -0.379 e. The molecule has 0 amide bonds. The first-order valence-electron chi connectivity index (χ1n) is 9.01. The molecule has 5 nitrogen and oxygen atoms in total. The largest absolute Gasteiger partial charge is 0.416 e. The predicted octanol–water partition coefficient (Wildman–Crippen LogP) is 2.62. The molecule has 1 atom stereocenters. The van der Waals surface area contributed by atoms with Gasteiger partial charge in [-0.2, -0.15) is 13.2 Å². The fourth-order valence-electron chi connectivity index (χ4n) is 2.85. The van der Waals surface area contributed by atoms with Crippen molar-refractivity contribution in [1.82, 2.24) is 15.5 Å². The van der Waals surface area contributed by atoms with Crippen LogP contribution < -0.4 is 10.6 Å². The number of nitrogens with one attached hydrogen (secondary N) is 2. The lowest BCUT2D eigenvalue weighted by atomic mass is 10.1. The van der Waals surface area contributed by atoms with Crippen molar-refractivity contribution in [2.24, 2.45) is 4.99 Å². The van der Waals surface area contributed by atoms with Crippen molar-refractivity contribution in [2.75, 3.05) is 39.4 Å². The molecule has 27 heavy (non-hydrogen) atoms. The topological polar surface area (TPSA) is 48.9 Å². The van der Waals surface area contributed by atoms with E-state index in [4.69, 9.17) is 4.74 Å². The van der Waals surface area contributed by atoms with E-state index >= 15 is 0 Å². The van der Waals surface area contributed by atoms with Crippen LogP contribution in [0.15, 0.2) is 23.2 Å². The number of nitrogens with zero attached hydrogens (tertiary/aromatic N) is 2. The molecule has 0 aliphatic carbocycles. The van der Waals surface area contributed by atoms with Gasteiger partial charge in [-0.05, 0) is 31.5 Å². The SMILES string of the molecule is CCNC(=NCc1ccc(F)cc1C(F)(F)F)NCC(C)N1CCOCC1. The summed E-state index contributed by atoms with van der Waals surface area (Å²) in [6.07, 6.45) is -4.62. The van der Waals surface area contributed by atoms with Crippen LogP contribution in [0.4, 0.5) is 17.6 Å². The Morgan fingerprint density at radius 3 is 2.59 bits per heavy atom. The maximum atomic E-state index is 13.2. The molecule has 9 heteroatoms. The van der Waals surface area contributed by atoms with Crippen LogP contribution >= 0.6 is 0 Å². The Balaban J connectivity index is 2.03. The lowest BCUT2D eigenvalue weighted by molar-refractivity contribution is -0.138. The van der Waals surface area contributed by atoms with E-state index in [2.05, 4.69) is 27.4 Å². The fourth-order valence-corrected chi connectivity index (χ4v) is 2.85. The van der Waals surface area contributed by atoms with Crippen molar-refractivity contribution < 1.29 is 22.3 Å². The average Bonchev–Trinajstić information content (AvgIpc) is 2.64. The summed E-state index contributed by atoms with van der Waals surface area (Å²) in [5.41, 5.74) is -1.06. The lowest BCUT2D eigenvalue weighted by Gasteiger charge is -2.32. The third kappa shape index (κ3) is 6.66. The van der Waals surface area contributed by atoms with Crippen molar-refractivity contribution in [3.63, 3.8) is 0 Å². The molecule has 1 aliphatic rings. The monoisotopic (exact) mass is 390 g/mol. The molecule has 152 valence electrons. The van der Waals surface area contributed by atoms with Crippen LogP contribution in [0.1, 0.15) is 25.0 Å². The van der Waals surface area contributed by atoms with Gasteiger partial charge in [-0.15, -0.1) is 0 Å². The van der Waals surface area contributed by atoms with Crippen molar-refractivity contribution in [2.45, 2.75) is 32.6 Å². The number of aliphatic imine (C=N–C) groups is 1. The van der Waals surface area contributed by atoms with E-state index in [1.807, 2.05) is 6.92 Å². The quantitative estimate of drug-likeness (QED) is 0.445. The first kappa shape index (κ1) is 21.4. The Bertz CT molecular complexity index is 630. The molecule has 1 heterocycles. The van der Waals surface area contributed by atoms with Gasteiger partial charge in [-0.1, -0.05) is 6.07 Å². The zero-order valence-electron chi connectivity index (χ0n) is 15.6. The molecule has 0 aromatic heterocycles. The molecule has 0 spiro atoms. The minimum atomic E-state index is -4.62. The van der Waals surface area contributed by atoms with E-state index < -0.39 is 17.6 Å². The highest BCUT2D eigenvalue weighted by Gasteiger charge is 2.33. The summed E-state index contributed by atoms with van der Waals surface area (Å²) < 4.78 is 57.8. The molecule has 1 aromatic rings. The summed E-state index contributed by atoms with van der Waals surface area (Å²) >= 11 is 0. The lowest BCUT2D eigenvalue weighted by Crippen LogP contribution is -2.49. The van der Waals surface area contributed by atoms with Gasteiger partial charge in [0.15, 0.2) is 5.96 Å². The van der Waals surface area contributed by atoms with Crippen molar-refractivity contribution >= 4 is 5.96 Å². The molecule has 0 saturated carbocycles. The molecule has 1 unspecified atom stereocenters. The van der Waals surface area contributed by atoms with Crippen LogP contribution in [0.3, 0.4) is 0 Å². The summed E-state index contributed by atoms with van der Waals surface area (Å²) in [6.45, 7) is 8.02. The second-order valence-corrected chi connectivity index (χ2v) is 6.37. The number of benzene rings is 1. The summed E-state index contributed by atoms with van der Waals surface area (Å²) in [5, 5.41) is 6.18. The molecule has 0 radical (unpaired) electrons. The molecule has 2 rings (SSSR count). The average molecular weight is 390 g/mol. The van der Waals surface area contributed by atoms with Crippen LogP contribution in [0, 0.1) is 5.82 Å². The van der Waals surface area contributed by atoms with E-state index in [1.54, 1.807) is 0 Å². The smallest absolute Gasteiger partial charge is 0.379 e. The maximum absolute atomic E-state index is 13.2. The molecule has 1 aromatic carbocycles. The van der Waals surface area contributed by atoms with Crippen molar-refractivity contribution in [3.8, 4) is 0 Å². The van der Waals surface area contributed by atoms with Crippen LogP contribution in [-0.2, 0) is 17.5 Å². The van der Waals surface area contributed by atoms with Gasteiger partial charge in [0.1, 0.15) is 5.82 Å². The zero-order chi connectivity index (χ0) is 19.9. The highest BCUT2D eigenvalue weighted by molar-refractivity contribution is 5.79. The van der Waals surface area contributed by atoms with Crippen LogP contribution in [-0.4, -0.2) is 56.3 Å². The second-order valence-electron chi connectivity index (χ2n) is 6.37. The number of hydrogen-bond donors (Lipinski definition) is 2. The van der Waals surface area contributed by atoms with E-state index in [0.717, 1.165) is 25.2 Å². The first-order chi connectivity index (χ1) is 12.8. The maximum Gasteiger partial charge on any atom is 0.416 e. The van der Waals surface area contributed by atoms with Gasteiger partial charge in [-0.3, -0.25) is 4.90 Å². The number of rotatable bonds is 6. The normalized spacial score (nSPS) is 17.6. The molecule has 1 fully saturated rings. The van der Waals surface area contributed by atoms with Gasteiger partial charge in [-0.25, -0.2) is 9.38 Å². The Kier molecular flexibility index (Phi) is 7.85. The van der Waals surface area contributed by atoms with Crippen molar-refractivity contribution in [1.29, 1.82) is 0 Å². The third-order valence-corrected chi connectivity index (χ3v) is 4.36. The summed E-state index contributed by atoms with van der Waals surface area (Å²) in [6, 6.07) is 2.88. The van der Waals surface area contributed by atoms with E-state index in [0.29, 0.717) is 38.3 Å². The third-order valence-electron chi connectivity index (χ3n) is 4.36. The Hall–Kier alpha value is -1.87. The molecular weight excluding hydrogens is 364 g/mol. The van der Waals surface area contributed by atoms with Gasteiger partial charge in [0.05, 0.1) is 25.3 Å². The first-order valence-corrected chi connectivity index (χ1v) is 9.01. The second kappa shape index (κ2) is 9.89. The number of morpholine rings is 1. The Morgan fingerprint density at radius 1 is 1.26 bits per heavy atom. The molecule has 1 aliphatic heterocycles.